The summed E-state index contributed by atoms with van der Waals surface area (Å²) in [6.45, 7) is 3.60. The molecule has 1 aromatic heterocycles. The summed E-state index contributed by atoms with van der Waals surface area (Å²) in [6, 6.07) is 1.48. The van der Waals surface area contributed by atoms with Gasteiger partial charge in [0.15, 0.2) is 0 Å². The van der Waals surface area contributed by atoms with Crippen molar-refractivity contribution in [3.05, 3.63) is 17.8 Å². The number of primary amides is 1. The van der Waals surface area contributed by atoms with Gasteiger partial charge >= 0.3 is 5.97 Å². The molecule has 5 N–H and O–H groups in total. The van der Waals surface area contributed by atoms with Crippen LogP contribution in [0.2, 0.25) is 0 Å². The van der Waals surface area contributed by atoms with Crippen molar-refractivity contribution in [2.24, 2.45) is 5.73 Å². The summed E-state index contributed by atoms with van der Waals surface area (Å²) < 4.78 is 4.62. The number of nitrogens with two attached hydrogens (primary N) is 2. The lowest BCUT2D eigenvalue weighted by atomic mass is 10.0. The number of pyridine rings is 1. The van der Waals surface area contributed by atoms with E-state index in [1.54, 1.807) is 13.8 Å². The summed E-state index contributed by atoms with van der Waals surface area (Å²) >= 11 is 0. The van der Waals surface area contributed by atoms with Crippen molar-refractivity contribution in [1.29, 1.82) is 0 Å². The molecule has 0 aromatic carbocycles. The summed E-state index contributed by atoms with van der Waals surface area (Å²) in [5, 5.41) is 3.02. The molecule has 7 nitrogen and oxygen atoms in total. The number of rotatable bonds is 5. The molecule has 0 aliphatic carbocycles. The first-order chi connectivity index (χ1) is 8.75. The molecular weight excluding hydrogens is 248 g/mol. The Labute approximate surface area is 111 Å². The van der Waals surface area contributed by atoms with E-state index >= 15 is 0 Å². The summed E-state index contributed by atoms with van der Waals surface area (Å²) in [5.41, 5.74) is 10.7. The Hall–Kier alpha value is -2.31. The Balaban J connectivity index is 2.97. The van der Waals surface area contributed by atoms with Gasteiger partial charge in [0, 0.05) is 12.0 Å². The molecule has 7 heteroatoms. The molecule has 1 rings (SSSR count). The lowest BCUT2D eigenvalue weighted by molar-refractivity contribution is -0.118. The third-order valence-electron chi connectivity index (χ3n) is 2.42. The number of aromatic nitrogens is 1. The number of hydrogen-bond acceptors (Lipinski definition) is 6. The minimum absolute atomic E-state index is 0.132. The predicted molar refractivity (Wildman–Crippen MR) is 71.5 cm³/mol. The molecule has 0 aliphatic heterocycles. The zero-order chi connectivity index (χ0) is 14.6. The molecule has 1 aromatic rings. The Morgan fingerprint density at radius 2 is 2.11 bits per heavy atom. The van der Waals surface area contributed by atoms with Crippen LogP contribution < -0.4 is 16.8 Å². The topological polar surface area (TPSA) is 120 Å². The van der Waals surface area contributed by atoms with Crippen LogP contribution in [-0.4, -0.2) is 29.5 Å². The van der Waals surface area contributed by atoms with Crippen molar-refractivity contribution < 1.29 is 14.3 Å². The number of nitrogen functional groups attached to an aromatic ring is 1. The lowest BCUT2D eigenvalue weighted by Crippen LogP contribution is -2.36. The molecule has 0 aliphatic rings. The highest BCUT2D eigenvalue weighted by atomic mass is 16.5. The van der Waals surface area contributed by atoms with Gasteiger partial charge in [-0.2, -0.15) is 0 Å². The first-order valence-electron chi connectivity index (χ1n) is 5.65. The predicted octanol–water partition coefficient (Wildman–Crippen LogP) is 0.516. The van der Waals surface area contributed by atoms with E-state index in [0.717, 1.165) is 0 Å². The van der Waals surface area contributed by atoms with Crippen LogP contribution in [0.4, 0.5) is 11.5 Å². The van der Waals surface area contributed by atoms with Crippen molar-refractivity contribution in [1.82, 2.24) is 4.98 Å². The van der Waals surface area contributed by atoms with E-state index in [-0.39, 0.29) is 17.7 Å². The number of anilines is 2. The lowest BCUT2D eigenvalue weighted by Gasteiger charge is -2.25. The van der Waals surface area contributed by atoms with Gasteiger partial charge in [0.2, 0.25) is 5.91 Å². The van der Waals surface area contributed by atoms with Crippen LogP contribution >= 0.6 is 0 Å². The van der Waals surface area contributed by atoms with Crippen LogP contribution in [0.5, 0.6) is 0 Å². The molecule has 0 saturated heterocycles. The number of ether oxygens (including phenoxy) is 1. The standard InChI is InChI=1S/C12H18N4O3/c1-12(2,5-9(14)17)16-10-4-7(11(18)19-3)8(13)6-15-10/h4,6H,5,13H2,1-3H3,(H2,14,17)(H,15,16). The Morgan fingerprint density at radius 1 is 1.47 bits per heavy atom. The Kier molecular flexibility index (Phi) is 4.31. The highest BCUT2D eigenvalue weighted by Crippen LogP contribution is 2.20. The van der Waals surface area contributed by atoms with Gasteiger partial charge in [0.05, 0.1) is 24.6 Å². The molecule has 104 valence electrons. The largest absolute Gasteiger partial charge is 0.465 e. The second-order valence-corrected chi connectivity index (χ2v) is 4.80. The Morgan fingerprint density at radius 3 is 2.63 bits per heavy atom. The average Bonchev–Trinajstić information content (AvgIpc) is 2.28. The van der Waals surface area contributed by atoms with Crippen LogP contribution in [0.15, 0.2) is 12.3 Å². The normalized spacial score (nSPS) is 10.9. The van der Waals surface area contributed by atoms with Crippen LogP contribution in [0.25, 0.3) is 0 Å². The molecule has 0 atom stereocenters. The van der Waals surface area contributed by atoms with Gasteiger partial charge in [-0.25, -0.2) is 9.78 Å². The molecule has 1 heterocycles. The molecule has 0 bridgehead atoms. The molecule has 0 spiro atoms. The smallest absolute Gasteiger partial charge is 0.340 e. The van der Waals surface area contributed by atoms with Gasteiger partial charge in [-0.1, -0.05) is 0 Å². The number of carbonyl (C=O) groups is 2. The van der Waals surface area contributed by atoms with E-state index in [1.165, 1.54) is 19.4 Å². The second-order valence-electron chi connectivity index (χ2n) is 4.80. The number of methoxy groups -OCH3 is 1. The van der Waals surface area contributed by atoms with Crippen LogP contribution in [0.1, 0.15) is 30.6 Å². The molecule has 19 heavy (non-hydrogen) atoms. The molecule has 0 radical (unpaired) electrons. The van der Waals surface area contributed by atoms with E-state index in [4.69, 9.17) is 11.5 Å². The second kappa shape index (κ2) is 5.55. The molecule has 0 saturated carbocycles. The first kappa shape index (κ1) is 14.7. The molecule has 0 fully saturated rings. The van der Waals surface area contributed by atoms with E-state index in [1.807, 2.05) is 0 Å². The maximum Gasteiger partial charge on any atom is 0.340 e. The number of hydrogen-bond donors (Lipinski definition) is 3. The van der Waals surface area contributed by atoms with Gasteiger partial charge in [0.25, 0.3) is 0 Å². The van der Waals surface area contributed by atoms with Crippen molar-refractivity contribution in [3.8, 4) is 0 Å². The number of carbonyl (C=O) groups excluding carboxylic acids is 2. The highest BCUT2D eigenvalue weighted by molar-refractivity contribution is 5.95. The zero-order valence-electron chi connectivity index (χ0n) is 11.2. The van der Waals surface area contributed by atoms with E-state index in [9.17, 15) is 9.59 Å². The van der Waals surface area contributed by atoms with E-state index in [2.05, 4.69) is 15.0 Å². The number of nitrogens with one attached hydrogen (secondary N) is 1. The highest BCUT2D eigenvalue weighted by Gasteiger charge is 2.22. The third kappa shape index (κ3) is 4.13. The fourth-order valence-corrected chi connectivity index (χ4v) is 1.65. The third-order valence-corrected chi connectivity index (χ3v) is 2.42. The first-order valence-corrected chi connectivity index (χ1v) is 5.65. The van der Waals surface area contributed by atoms with Crippen LogP contribution in [-0.2, 0) is 9.53 Å². The fraction of sp³-hybridized carbons (Fsp3) is 0.417. The van der Waals surface area contributed by atoms with Crippen molar-refractivity contribution in [3.63, 3.8) is 0 Å². The zero-order valence-corrected chi connectivity index (χ0v) is 11.2. The van der Waals surface area contributed by atoms with Gasteiger partial charge in [-0.05, 0) is 19.9 Å². The summed E-state index contributed by atoms with van der Waals surface area (Å²) in [7, 11) is 1.27. The Bertz CT molecular complexity index is 500. The molecular formula is C12H18N4O3. The van der Waals surface area contributed by atoms with Crippen LogP contribution in [0.3, 0.4) is 0 Å². The summed E-state index contributed by atoms with van der Waals surface area (Å²) in [4.78, 5) is 26.5. The summed E-state index contributed by atoms with van der Waals surface area (Å²) in [6.07, 6.45) is 1.49. The SMILES string of the molecule is COC(=O)c1cc(NC(C)(C)CC(N)=O)ncc1N. The molecule has 0 unspecified atom stereocenters. The maximum atomic E-state index is 11.5. The van der Waals surface area contributed by atoms with E-state index in [0.29, 0.717) is 5.82 Å². The minimum atomic E-state index is -0.581. The van der Waals surface area contributed by atoms with Gasteiger partial charge in [-0.15, -0.1) is 0 Å². The quantitative estimate of drug-likeness (QED) is 0.668. The summed E-state index contributed by atoms with van der Waals surface area (Å²) in [5.74, 6) is -0.558. The van der Waals surface area contributed by atoms with Gasteiger partial charge in [0.1, 0.15) is 5.82 Å². The van der Waals surface area contributed by atoms with Gasteiger partial charge in [-0.3, -0.25) is 4.79 Å². The van der Waals surface area contributed by atoms with Gasteiger partial charge < -0.3 is 21.5 Å². The number of esters is 1. The molecule has 1 amide bonds. The van der Waals surface area contributed by atoms with Crippen molar-refractivity contribution >= 4 is 23.4 Å². The monoisotopic (exact) mass is 266 g/mol. The average molecular weight is 266 g/mol. The minimum Gasteiger partial charge on any atom is -0.465 e. The van der Waals surface area contributed by atoms with Crippen molar-refractivity contribution in [2.75, 3.05) is 18.2 Å². The fourth-order valence-electron chi connectivity index (χ4n) is 1.65. The van der Waals surface area contributed by atoms with Crippen molar-refractivity contribution in [2.45, 2.75) is 25.8 Å². The number of amides is 1. The van der Waals surface area contributed by atoms with Crippen LogP contribution in [0, 0.1) is 0 Å². The number of nitrogens with zero attached hydrogens (tertiary/aromatic N) is 1. The van der Waals surface area contributed by atoms with E-state index < -0.39 is 17.4 Å². The maximum absolute atomic E-state index is 11.5.